The lowest BCUT2D eigenvalue weighted by atomic mass is 9.98. The average Bonchev–Trinajstić information content (AvgIpc) is 3.12. The molecule has 172 valence electrons. The lowest BCUT2D eigenvalue weighted by molar-refractivity contribution is 0.0353. The molecule has 0 bridgehead atoms. The second-order valence-corrected chi connectivity index (χ2v) is 10.1. The van der Waals surface area contributed by atoms with Crippen LogP contribution in [0.3, 0.4) is 0 Å². The van der Waals surface area contributed by atoms with Crippen molar-refractivity contribution in [2.75, 3.05) is 45.6 Å². The number of amides is 1. The summed E-state index contributed by atoms with van der Waals surface area (Å²) in [6.45, 7) is 4.76. The van der Waals surface area contributed by atoms with Gasteiger partial charge in [0.15, 0.2) is 5.43 Å². The number of ether oxygens (including phenoxy) is 1. The van der Waals surface area contributed by atoms with E-state index in [0.717, 1.165) is 54.2 Å². The predicted molar refractivity (Wildman–Crippen MR) is 133 cm³/mol. The first-order chi connectivity index (χ1) is 16.1. The van der Waals surface area contributed by atoms with E-state index in [1.807, 2.05) is 36.6 Å². The topological polar surface area (TPSA) is 63.0 Å². The number of carbonyl (C=O) groups excluding carboxylic acids is 1. The zero-order valence-corrected chi connectivity index (χ0v) is 20.8. The highest BCUT2D eigenvalue weighted by molar-refractivity contribution is 9.10. The molecule has 2 aliphatic rings. The molecule has 0 aliphatic carbocycles. The first-order valence-electron chi connectivity index (χ1n) is 11.1. The van der Waals surface area contributed by atoms with Crippen LogP contribution in [0.2, 0.25) is 0 Å². The van der Waals surface area contributed by atoms with Crippen molar-refractivity contribution in [2.24, 2.45) is 0 Å². The van der Waals surface area contributed by atoms with Crippen molar-refractivity contribution in [1.29, 1.82) is 0 Å². The van der Waals surface area contributed by atoms with E-state index in [1.54, 1.807) is 28.8 Å². The fourth-order valence-electron chi connectivity index (χ4n) is 4.65. The minimum absolute atomic E-state index is 0.143. The molecule has 0 spiro atoms. The van der Waals surface area contributed by atoms with Gasteiger partial charge in [-0.25, -0.2) is 0 Å². The number of nitrogens with zero attached hydrogens (tertiary/aromatic N) is 2. The number of carbonyl (C=O) groups is 1. The summed E-state index contributed by atoms with van der Waals surface area (Å²) in [5.74, 6) is -0.0482. The molecule has 0 radical (unpaired) electrons. The van der Waals surface area contributed by atoms with Gasteiger partial charge in [-0.15, -0.1) is 11.8 Å². The largest absolute Gasteiger partial charge is 0.450 e. The van der Waals surface area contributed by atoms with Crippen molar-refractivity contribution in [3.8, 4) is 0 Å². The van der Waals surface area contributed by atoms with Crippen LogP contribution in [-0.2, 0) is 4.74 Å². The molecule has 3 aromatic rings. The Bertz CT molecular complexity index is 1240. The SMILES string of the molecule is CSc1ccc([C@H]2c3c(oc4ccc(Br)cc4c3=O)C(=O)N2CCCN2CCOCC2)cc1. The predicted octanol–water partition coefficient (Wildman–Crippen LogP) is 4.54. The fourth-order valence-corrected chi connectivity index (χ4v) is 5.41. The maximum absolute atomic E-state index is 13.6. The molecule has 2 aromatic carbocycles. The molecular weight excluding hydrogens is 504 g/mol. The summed E-state index contributed by atoms with van der Waals surface area (Å²) in [4.78, 5) is 32.4. The summed E-state index contributed by atoms with van der Waals surface area (Å²) < 4.78 is 12.3. The van der Waals surface area contributed by atoms with Crippen LogP contribution in [0.15, 0.2) is 61.0 Å². The average molecular weight is 529 g/mol. The maximum atomic E-state index is 13.6. The summed E-state index contributed by atoms with van der Waals surface area (Å²) >= 11 is 5.11. The highest BCUT2D eigenvalue weighted by Crippen LogP contribution is 2.39. The third-order valence-electron chi connectivity index (χ3n) is 6.34. The second kappa shape index (κ2) is 9.62. The van der Waals surface area contributed by atoms with Crippen molar-refractivity contribution < 1.29 is 13.9 Å². The van der Waals surface area contributed by atoms with Gasteiger partial charge in [0.2, 0.25) is 5.76 Å². The Labute approximate surface area is 205 Å². The molecule has 1 atom stereocenters. The Hall–Kier alpha value is -2.13. The molecule has 1 aromatic heterocycles. The van der Waals surface area contributed by atoms with Crippen LogP contribution in [0.5, 0.6) is 0 Å². The molecule has 1 fully saturated rings. The molecule has 2 aliphatic heterocycles. The van der Waals surface area contributed by atoms with Gasteiger partial charge in [0.25, 0.3) is 5.91 Å². The van der Waals surface area contributed by atoms with Crippen molar-refractivity contribution >= 4 is 44.6 Å². The number of hydrogen-bond donors (Lipinski definition) is 0. The Morgan fingerprint density at radius 1 is 1.06 bits per heavy atom. The van der Waals surface area contributed by atoms with E-state index < -0.39 is 6.04 Å². The van der Waals surface area contributed by atoms with Crippen molar-refractivity contribution in [2.45, 2.75) is 17.4 Å². The monoisotopic (exact) mass is 528 g/mol. The number of halogens is 1. The van der Waals surface area contributed by atoms with Crippen molar-refractivity contribution in [3.63, 3.8) is 0 Å². The molecule has 1 amide bonds. The molecule has 3 heterocycles. The standard InChI is InChI=1S/C25H25BrN2O4S/c1-33-18-6-3-16(4-7-18)22-21-23(29)19-15-17(26)5-8-20(19)32-24(21)25(30)28(22)10-2-9-27-11-13-31-14-12-27/h3-8,15,22H,2,9-14H2,1H3/t22-/m0/s1. The minimum atomic E-state index is -0.451. The van der Waals surface area contributed by atoms with E-state index in [-0.39, 0.29) is 17.1 Å². The van der Waals surface area contributed by atoms with Crippen LogP contribution in [0.4, 0.5) is 0 Å². The lowest BCUT2D eigenvalue weighted by Gasteiger charge is -2.29. The molecule has 0 saturated carbocycles. The van der Waals surface area contributed by atoms with Crippen LogP contribution in [0.1, 0.15) is 34.1 Å². The van der Waals surface area contributed by atoms with Gasteiger partial charge in [-0.05, 0) is 48.6 Å². The second-order valence-electron chi connectivity index (χ2n) is 8.30. The van der Waals surface area contributed by atoms with Gasteiger partial charge >= 0.3 is 0 Å². The smallest absolute Gasteiger partial charge is 0.290 e. The number of rotatable bonds is 6. The normalized spacial score (nSPS) is 18.8. The molecule has 1 saturated heterocycles. The van der Waals surface area contributed by atoms with Crippen LogP contribution in [-0.4, -0.2) is 61.4 Å². The Kier molecular flexibility index (Phi) is 6.60. The van der Waals surface area contributed by atoms with Gasteiger partial charge in [-0.3, -0.25) is 14.5 Å². The van der Waals surface area contributed by atoms with Crippen LogP contribution in [0.25, 0.3) is 11.0 Å². The van der Waals surface area contributed by atoms with Crippen LogP contribution < -0.4 is 5.43 Å². The number of hydrogen-bond acceptors (Lipinski definition) is 6. The van der Waals surface area contributed by atoms with Crippen molar-refractivity contribution in [3.05, 3.63) is 74.0 Å². The number of benzene rings is 2. The summed E-state index contributed by atoms with van der Waals surface area (Å²) in [5, 5.41) is 0.483. The molecular formula is C25H25BrN2O4S. The molecule has 8 heteroatoms. The Morgan fingerprint density at radius 3 is 2.55 bits per heavy atom. The van der Waals surface area contributed by atoms with E-state index in [9.17, 15) is 9.59 Å². The molecule has 6 nitrogen and oxygen atoms in total. The number of fused-ring (bicyclic) bond motifs is 2. The van der Waals surface area contributed by atoms with Gasteiger partial charge < -0.3 is 14.1 Å². The fraction of sp³-hybridized carbons (Fsp3) is 0.360. The maximum Gasteiger partial charge on any atom is 0.290 e. The van der Waals surface area contributed by atoms with Crippen molar-refractivity contribution in [1.82, 2.24) is 9.80 Å². The van der Waals surface area contributed by atoms with E-state index in [4.69, 9.17) is 9.15 Å². The Balaban J connectivity index is 1.53. The third kappa shape index (κ3) is 4.37. The molecule has 33 heavy (non-hydrogen) atoms. The first-order valence-corrected chi connectivity index (χ1v) is 13.1. The van der Waals surface area contributed by atoms with E-state index >= 15 is 0 Å². The van der Waals surface area contributed by atoms with Gasteiger partial charge in [-0.1, -0.05) is 28.1 Å². The van der Waals surface area contributed by atoms with Crippen LogP contribution in [0, 0.1) is 0 Å². The molecule has 0 unspecified atom stereocenters. The Morgan fingerprint density at radius 2 is 1.82 bits per heavy atom. The zero-order valence-electron chi connectivity index (χ0n) is 18.4. The summed E-state index contributed by atoms with van der Waals surface area (Å²) in [7, 11) is 0. The third-order valence-corrected chi connectivity index (χ3v) is 7.57. The van der Waals surface area contributed by atoms with Crippen LogP contribution >= 0.6 is 27.7 Å². The van der Waals surface area contributed by atoms with E-state index in [2.05, 4.69) is 20.8 Å². The van der Waals surface area contributed by atoms with Gasteiger partial charge in [0.05, 0.1) is 30.2 Å². The van der Waals surface area contributed by atoms with Gasteiger partial charge in [0, 0.05) is 35.5 Å². The lowest BCUT2D eigenvalue weighted by Crippen LogP contribution is -2.38. The van der Waals surface area contributed by atoms with Gasteiger partial charge in [0.1, 0.15) is 5.58 Å². The number of thioether (sulfide) groups is 1. The molecule has 0 N–H and O–H groups in total. The highest BCUT2D eigenvalue weighted by atomic mass is 79.9. The molecule has 5 rings (SSSR count). The van der Waals surface area contributed by atoms with Gasteiger partial charge in [-0.2, -0.15) is 0 Å². The summed E-state index contributed by atoms with van der Waals surface area (Å²) in [5.41, 5.74) is 1.65. The quantitative estimate of drug-likeness (QED) is 0.437. The summed E-state index contributed by atoms with van der Waals surface area (Å²) in [6.07, 6.45) is 2.85. The minimum Gasteiger partial charge on any atom is -0.450 e. The number of morpholine rings is 1. The summed E-state index contributed by atoms with van der Waals surface area (Å²) in [6, 6.07) is 13.0. The first kappa shape index (κ1) is 22.7. The highest BCUT2D eigenvalue weighted by Gasteiger charge is 2.42. The zero-order chi connectivity index (χ0) is 22.9. The van der Waals surface area contributed by atoms with E-state index in [1.165, 1.54) is 0 Å². The van der Waals surface area contributed by atoms with E-state index in [0.29, 0.717) is 23.1 Å².